The molecule has 1 aliphatic heterocycles. The average Bonchev–Trinajstić information content (AvgIpc) is 3.09. The Morgan fingerprint density at radius 2 is 2.14 bits per heavy atom. The molecule has 5 heteroatoms. The highest BCUT2D eigenvalue weighted by molar-refractivity contribution is 5.35. The first-order valence-corrected chi connectivity index (χ1v) is 7.34. The average molecular weight is 287 g/mol. The fraction of sp³-hybridized carbons (Fsp3) is 0.438. The van der Waals surface area contributed by atoms with Gasteiger partial charge >= 0.3 is 0 Å². The second-order valence-electron chi connectivity index (χ2n) is 5.52. The Balaban J connectivity index is 1.69. The summed E-state index contributed by atoms with van der Waals surface area (Å²) in [4.78, 5) is 0. The highest BCUT2D eigenvalue weighted by Crippen LogP contribution is 2.21. The number of nitrogens with zero attached hydrogens (tertiary/aromatic N) is 2. The lowest BCUT2D eigenvalue weighted by molar-refractivity contribution is 0.0112. The first-order valence-electron chi connectivity index (χ1n) is 7.34. The summed E-state index contributed by atoms with van der Waals surface area (Å²) in [6.45, 7) is 2.30. The van der Waals surface area contributed by atoms with Crippen LogP contribution in [0.3, 0.4) is 0 Å². The molecule has 5 nitrogen and oxygen atoms in total. The minimum atomic E-state index is -0.208. The van der Waals surface area contributed by atoms with Gasteiger partial charge in [-0.1, -0.05) is 12.1 Å². The molecule has 1 aromatic carbocycles. The van der Waals surface area contributed by atoms with Crippen molar-refractivity contribution in [2.75, 3.05) is 19.8 Å². The molecular weight excluding hydrogens is 266 g/mol. The number of benzene rings is 1. The molecule has 1 aliphatic rings. The molecule has 2 N–H and O–H groups in total. The van der Waals surface area contributed by atoms with E-state index in [1.807, 2.05) is 29.1 Å². The topological polar surface area (TPSA) is 59.3 Å². The molecule has 0 atom stereocenters. The van der Waals surface area contributed by atoms with E-state index in [0.717, 1.165) is 25.1 Å². The van der Waals surface area contributed by atoms with Gasteiger partial charge in [0.2, 0.25) is 0 Å². The first kappa shape index (κ1) is 14.3. The van der Waals surface area contributed by atoms with Gasteiger partial charge in [-0.05, 0) is 36.6 Å². The maximum atomic E-state index is 9.69. The number of hydrogen-bond donors (Lipinski definition) is 2. The summed E-state index contributed by atoms with van der Waals surface area (Å²) in [6, 6.07) is 10.2. The van der Waals surface area contributed by atoms with Crippen molar-refractivity contribution in [2.45, 2.75) is 24.9 Å². The van der Waals surface area contributed by atoms with Gasteiger partial charge in [-0.15, -0.1) is 0 Å². The van der Waals surface area contributed by atoms with Crippen LogP contribution in [0.25, 0.3) is 5.69 Å². The van der Waals surface area contributed by atoms with E-state index in [-0.39, 0.29) is 12.1 Å². The number of aromatic nitrogens is 2. The molecule has 2 aromatic rings. The summed E-state index contributed by atoms with van der Waals surface area (Å²) in [5, 5.41) is 17.5. The van der Waals surface area contributed by atoms with Crippen molar-refractivity contribution < 1.29 is 9.84 Å². The molecule has 0 saturated carbocycles. The third kappa shape index (κ3) is 3.32. The molecule has 2 heterocycles. The largest absolute Gasteiger partial charge is 0.394 e. The number of hydrogen-bond acceptors (Lipinski definition) is 4. The number of aliphatic hydroxyl groups is 1. The molecule has 0 unspecified atom stereocenters. The maximum Gasteiger partial charge on any atom is 0.0648 e. The Labute approximate surface area is 124 Å². The van der Waals surface area contributed by atoms with Crippen molar-refractivity contribution in [1.82, 2.24) is 15.1 Å². The Kier molecular flexibility index (Phi) is 4.34. The first-order chi connectivity index (χ1) is 10.3. The number of rotatable bonds is 5. The lowest BCUT2D eigenvalue weighted by Crippen LogP contribution is -2.51. The molecule has 21 heavy (non-hydrogen) atoms. The lowest BCUT2D eigenvalue weighted by atomic mass is 9.90. The van der Waals surface area contributed by atoms with Gasteiger partial charge in [-0.3, -0.25) is 0 Å². The predicted octanol–water partition coefficient (Wildman–Crippen LogP) is 1.50. The highest BCUT2D eigenvalue weighted by Gasteiger charge is 2.31. The van der Waals surface area contributed by atoms with Crippen LogP contribution >= 0.6 is 0 Å². The molecule has 0 amide bonds. The van der Waals surface area contributed by atoms with Crippen molar-refractivity contribution in [1.29, 1.82) is 0 Å². The lowest BCUT2D eigenvalue weighted by Gasteiger charge is -2.36. The standard InChI is InChI=1S/C16H21N3O2/c20-13-16(5-9-21-10-6-16)17-12-14-3-1-4-15(11-14)19-8-2-7-18-19/h1-4,7-8,11,17,20H,5-6,9-10,12-13H2. The van der Waals surface area contributed by atoms with Crippen molar-refractivity contribution in [3.63, 3.8) is 0 Å². The van der Waals surface area contributed by atoms with Crippen LogP contribution in [0.15, 0.2) is 42.7 Å². The third-order valence-electron chi connectivity index (χ3n) is 4.10. The molecule has 3 rings (SSSR count). The second-order valence-corrected chi connectivity index (χ2v) is 5.52. The van der Waals surface area contributed by atoms with Crippen LogP contribution in [0, 0.1) is 0 Å². The fourth-order valence-electron chi connectivity index (χ4n) is 2.67. The summed E-state index contributed by atoms with van der Waals surface area (Å²) in [5.41, 5.74) is 2.02. The minimum absolute atomic E-state index is 0.148. The van der Waals surface area contributed by atoms with Crippen molar-refractivity contribution in [3.8, 4) is 5.69 Å². The number of nitrogens with one attached hydrogen (secondary N) is 1. The van der Waals surface area contributed by atoms with Gasteiger partial charge < -0.3 is 15.2 Å². The molecule has 0 radical (unpaired) electrons. The van der Waals surface area contributed by atoms with Crippen molar-refractivity contribution >= 4 is 0 Å². The Bertz CT molecular complexity index is 563. The van der Waals surface area contributed by atoms with Crippen LogP contribution in [0.1, 0.15) is 18.4 Å². The van der Waals surface area contributed by atoms with Crippen LogP contribution in [0.4, 0.5) is 0 Å². The summed E-state index contributed by atoms with van der Waals surface area (Å²) in [5.74, 6) is 0. The zero-order valence-electron chi connectivity index (χ0n) is 12.0. The zero-order chi connectivity index (χ0) is 14.5. The zero-order valence-corrected chi connectivity index (χ0v) is 12.0. The third-order valence-corrected chi connectivity index (χ3v) is 4.10. The van der Waals surface area contributed by atoms with Gasteiger partial charge in [-0.2, -0.15) is 5.10 Å². The number of ether oxygens (including phenoxy) is 1. The predicted molar refractivity (Wildman–Crippen MR) is 80.3 cm³/mol. The molecule has 0 bridgehead atoms. The maximum absolute atomic E-state index is 9.69. The molecular formula is C16H21N3O2. The van der Waals surface area contributed by atoms with Crippen LogP contribution in [0.5, 0.6) is 0 Å². The molecule has 112 valence electrons. The van der Waals surface area contributed by atoms with E-state index in [1.54, 1.807) is 6.20 Å². The molecule has 1 fully saturated rings. The minimum Gasteiger partial charge on any atom is -0.394 e. The molecule has 1 saturated heterocycles. The van der Waals surface area contributed by atoms with Crippen LogP contribution in [-0.2, 0) is 11.3 Å². The smallest absolute Gasteiger partial charge is 0.0648 e. The van der Waals surface area contributed by atoms with Gasteiger partial charge in [0, 0.05) is 37.7 Å². The van der Waals surface area contributed by atoms with Crippen LogP contribution in [0.2, 0.25) is 0 Å². The van der Waals surface area contributed by atoms with E-state index < -0.39 is 0 Å². The quantitative estimate of drug-likeness (QED) is 0.875. The van der Waals surface area contributed by atoms with E-state index in [2.05, 4.69) is 22.5 Å². The van der Waals surface area contributed by atoms with Gasteiger partial charge in [-0.25, -0.2) is 4.68 Å². The normalized spacial score (nSPS) is 17.8. The summed E-state index contributed by atoms with van der Waals surface area (Å²) < 4.78 is 7.23. The molecule has 0 spiro atoms. The van der Waals surface area contributed by atoms with Crippen LogP contribution in [-0.4, -0.2) is 40.2 Å². The SMILES string of the molecule is OCC1(NCc2cccc(-n3cccn3)c2)CCOCC1. The monoisotopic (exact) mass is 287 g/mol. The van der Waals surface area contributed by atoms with E-state index in [0.29, 0.717) is 13.2 Å². The van der Waals surface area contributed by atoms with Gasteiger partial charge in [0.1, 0.15) is 0 Å². The molecule has 1 aromatic heterocycles. The fourth-order valence-corrected chi connectivity index (χ4v) is 2.67. The van der Waals surface area contributed by atoms with E-state index in [1.165, 1.54) is 5.56 Å². The highest BCUT2D eigenvalue weighted by atomic mass is 16.5. The summed E-state index contributed by atoms with van der Waals surface area (Å²) in [7, 11) is 0. The Morgan fingerprint density at radius 3 is 2.86 bits per heavy atom. The molecule has 0 aliphatic carbocycles. The van der Waals surface area contributed by atoms with Crippen molar-refractivity contribution in [3.05, 3.63) is 48.3 Å². The van der Waals surface area contributed by atoms with Crippen molar-refractivity contribution in [2.24, 2.45) is 0 Å². The second kappa shape index (κ2) is 6.39. The van der Waals surface area contributed by atoms with Gasteiger partial charge in [0.05, 0.1) is 12.3 Å². The summed E-state index contributed by atoms with van der Waals surface area (Å²) in [6.07, 6.45) is 5.40. The number of aliphatic hydroxyl groups excluding tert-OH is 1. The Morgan fingerprint density at radius 1 is 1.29 bits per heavy atom. The van der Waals surface area contributed by atoms with E-state index in [9.17, 15) is 5.11 Å². The van der Waals surface area contributed by atoms with Gasteiger partial charge in [0.25, 0.3) is 0 Å². The van der Waals surface area contributed by atoms with E-state index >= 15 is 0 Å². The summed E-state index contributed by atoms with van der Waals surface area (Å²) >= 11 is 0. The van der Waals surface area contributed by atoms with Crippen LogP contribution < -0.4 is 5.32 Å². The van der Waals surface area contributed by atoms with E-state index in [4.69, 9.17) is 4.74 Å². The van der Waals surface area contributed by atoms with Gasteiger partial charge in [0.15, 0.2) is 0 Å². The Hall–Kier alpha value is -1.69.